The van der Waals surface area contributed by atoms with Crippen LogP contribution in [0.5, 0.6) is 0 Å². The van der Waals surface area contributed by atoms with Crippen molar-refractivity contribution in [3.05, 3.63) is 35.5 Å². The van der Waals surface area contributed by atoms with Gasteiger partial charge in [-0.3, -0.25) is 4.79 Å². The van der Waals surface area contributed by atoms with E-state index in [-0.39, 0.29) is 12.5 Å². The van der Waals surface area contributed by atoms with Gasteiger partial charge in [0.05, 0.1) is 17.9 Å². The van der Waals surface area contributed by atoms with Crippen LogP contribution in [0.25, 0.3) is 0 Å². The molecule has 32 heavy (non-hydrogen) atoms. The number of rotatable bonds is 4. The fourth-order valence-corrected chi connectivity index (χ4v) is 4.89. The van der Waals surface area contributed by atoms with E-state index < -0.39 is 0 Å². The van der Waals surface area contributed by atoms with Gasteiger partial charge in [-0.2, -0.15) is 4.98 Å². The minimum Gasteiger partial charge on any atom is -0.395 e. The van der Waals surface area contributed by atoms with Crippen molar-refractivity contribution in [1.82, 2.24) is 9.97 Å². The number of aliphatic hydroxyl groups excluding tert-OH is 1. The summed E-state index contributed by atoms with van der Waals surface area (Å²) in [6.07, 6.45) is 5.78. The number of benzene rings is 1. The first-order valence-corrected chi connectivity index (χ1v) is 12.4. The molecule has 1 atom stereocenters. The third-order valence-corrected chi connectivity index (χ3v) is 6.67. The van der Waals surface area contributed by atoms with Crippen LogP contribution in [-0.4, -0.2) is 53.0 Å². The molecule has 2 aliphatic rings. The van der Waals surface area contributed by atoms with Gasteiger partial charge < -0.3 is 25.4 Å². The number of carbonyl (C=O) groups excluding carboxylic acids is 1. The van der Waals surface area contributed by atoms with E-state index in [1.807, 2.05) is 19.1 Å². The SMILES string of the molecule is Cc1cc2nc(n1)NCCCCC1CCCN(C1)c1cc(NSCCO)ccc1C(=O)N2. The minimum absolute atomic E-state index is 0.119. The average Bonchev–Trinajstić information content (AvgIpc) is 2.78. The molecule has 4 N–H and O–H groups in total. The summed E-state index contributed by atoms with van der Waals surface area (Å²) < 4.78 is 3.28. The maximum atomic E-state index is 13.3. The van der Waals surface area contributed by atoms with Crippen LogP contribution in [0.15, 0.2) is 24.3 Å². The van der Waals surface area contributed by atoms with Gasteiger partial charge in [-0.25, -0.2) is 4.98 Å². The van der Waals surface area contributed by atoms with Crippen molar-refractivity contribution >= 4 is 41.0 Å². The Kier molecular flexibility index (Phi) is 7.70. The molecule has 2 aliphatic heterocycles. The predicted octanol–water partition coefficient (Wildman–Crippen LogP) is 3.90. The van der Waals surface area contributed by atoms with Crippen molar-refractivity contribution in [2.75, 3.05) is 52.2 Å². The van der Waals surface area contributed by atoms with E-state index in [1.54, 1.807) is 6.07 Å². The lowest BCUT2D eigenvalue weighted by molar-refractivity contribution is 0.102. The highest BCUT2D eigenvalue weighted by Crippen LogP contribution is 2.32. The number of hydrogen-bond acceptors (Lipinski definition) is 8. The third-order valence-electron chi connectivity index (χ3n) is 5.90. The molecule has 4 rings (SSSR count). The van der Waals surface area contributed by atoms with Gasteiger partial charge >= 0.3 is 0 Å². The van der Waals surface area contributed by atoms with Crippen LogP contribution in [-0.2, 0) is 0 Å². The highest BCUT2D eigenvalue weighted by molar-refractivity contribution is 8.00. The van der Waals surface area contributed by atoms with Crippen molar-refractivity contribution in [3.63, 3.8) is 0 Å². The van der Waals surface area contributed by atoms with E-state index in [0.29, 0.717) is 29.0 Å². The van der Waals surface area contributed by atoms with E-state index in [0.717, 1.165) is 56.0 Å². The van der Waals surface area contributed by atoms with Gasteiger partial charge in [0.2, 0.25) is 5.95 Å². The number of nitrogens with one attached hydrogen (secondary N) is 3. The number of aryl methyl sites for hydroxylation is 1. The van der Waals surface area contributed by atoms with Crippen molar-refractivity contribution in [2.45, 2.75) is 39.0 Å². The van der Waals surface area contributed by atoms with Crippen molar-refractivity contribution in [3.8, 4) is 0 Å². The molecule has 3 heterocycles. The topological polar surface area (TPSA) is 102 Å². The van der Waals surface area contributed by atoms with Gasteiger partial charge in [0, 0.05) is 42.8 Å². The molecule has 4 bridgehead atoms. The van der Waals surface area contributed by atoms with Crippen molar-refractivity contribution < 1.29 is 9.90 Å². The maximum Gasteiger partial charge on any atom is 0.258 e. The summed E-state index contributed by atoms with van der Waals surface area (Å²) in [4.78, 5) is 24.6. The molecule has 0 spiro atoms. The van der Waals surface area contributed by atoms with Crippen LogP contribution in [0.4, 0.5) is 23.1 Å². The molecule has 0 radical (unpaired) electrons. The first-order chi connectivity index (χ1) is 15.6. The van der Waals surface area contributed by atoms with Gasteiger partial charge in [0.25, 0.3) is 5.91 Å². The Morgan fingerprint density at radius 2 is 2.09 bits per heavy atom. The molecule has 1 unspecified atom stereocenters. The van der Waals surface area contributed by atoms with E-state index in [1.165, 1.54) is 24.8 Å². The highest BCUT2D eigenvalue weighted by atomic mass is 32.2. The fourth-order valence-electron chi connectivity index (χ4n) is 4.40. The Hall–Kier alpha value is -2.52. The smallest absolute Gasteiger partial charge is 0.258 e. The van der Waals surface area contributed by atoms with Gasteiger partial charge in [-0.1, -0.05) is 18.4 Å². The molecule has 1 fully saturated rings. The van der Waals surface area contributed by atoms with Crippen LogP contribution in [0, 0.1) is 12.8 Å². The maximum absolute atomic E-state index is 13.3. The monoisotopic (exact) mass is 456 g/mol. The van der Waals surface area contributed by atoms with E-state index in [2.05, 4.69) is 36.3 Å². The van der Waals surface area contributed by atoms with Gasteiger partial charge in [-0.15, -0.1) is 0 Å². The molecular weight excluding hydrogens is 424 g/mol. The quantitative estimate of drug-likeness (QED) is 0.406. The molecule has 0 aliphatic carbocycles. The van der Waals surface area contributed by atoms with Gasteiger partial charge in [0.1, 0.15) is 5.82 Å². The lowest BCUT2D eigenvalue weighted by atomic mass is 9.92. The van der Waals surface area contributed by atoms with E-state index in [9.17, 15) is 4.79 Å². The van der Waals surface area contributed by atoms with E-state index >= 15 is 0 Å². The second-order valence-electron chi connectivity index (χ2n) is 8.46. The molecule has 8 nitrogen and oxygen atoms in total. The number of piperidine rings is 1. The lowest BCUT2D eigenvalue weighted by Gasteiger charge is -2.35. The Labute approximate surface area is 193 Å². The predicted molar refractivity (Wildman–Crippen MR) is 132 cm³/mol. The van der Waals surface area contributed by atoms with Gasteiger partial charge in [-0.05, 0) is 56.7 Å². The lowest BCUT2D eigenvalue weighted by Crippen LogP contribution is -2.36. The zero-order valence-corrected chi connectivity index (χ0v) is 19.4. The van der Waals surface area contributed by atoms with Crippen LogP contribution >= 0.6 is 11.9 Å². The Morgan fingerprint density at radius 3 is 2.97 bits per heavy atom. The molecule has 1 aromatic heterocycles. The van der Waals surface area contributed by atoms with Crippen LogP contribution in [0.3, 0.4) is 0 Å². The molecule has 1 saturated heterocycles. The summed E-state index contributed by atoms with van der Waals surface area (Å²) in [7, 11) is 0. The zero-order valence-electron chi connectivity index (χ0n) is 18.6. The van der Waals surface area contributed by atoms with Crippen LogP contribution in [0.2, 0.25) is 0 Å². The van der Waals surface area contributed by atoms with E-state index in [4.69, 9.17) is 5.11 Å². The highest BCUT2D eigenvalue weighted by Gasteiger charge is 2.24. The number of anilines is 4. The molecule has 1 amide bonds. The number of aliphatic hydroxyl groups is 1. The summed E-state index contributed by atoms with van der Waals surface area (Å²) >= 11 is 1.46. The zero-order chi connectivity index (χ0) is 22.3. The van der Waals surface area contributed by atoms with Crippen molar-refractivity contribution in [2.24, 2.45) is 5.92 Å². The largest absolute Gasteiger partial charge is 0.395 e. The first kappa shape index (κ1) is 22.7. The number of fused-ring (bicyclic) bond motifs is 6. The number of nitrogens with zero attached hydrogens (tertiary/aromatic N) is 3. The number of aromatic nitrogens is 2. The summed E-state index contributed by atoms with van der Waals surface area (Å²) in [6.45, 7) is 4.76. The van der Waals surface area contributed by atoms with Crippen LogP contribution in [0.1, 0.15) is 48.2 Å². The second kappa shape index (κ2) is 10.9. The van der Waals surface area contributed by atoms with Gasteiger partial charge in [0.15, 0.2) is 0 Å². The Morgan fingerprint density at radius 1 is 1.22 bits per heavy atom. The molecule has 172 valence electrons. The standard InChI is InChI=1S/C23H32N6O2S/c1-16-13-21-26-22(31)19-8-7-18(28-32-12-11-30)14-20(19)29-10-4-6-17(15-29)5-2-3-9-24-23(25-16)27-21/h7-8,13-14,17,28,30H,2-6,9-12,15H2,1H3,(H2,24,25,26,27,31). The average molecular weight is 457 g/mol. The molecule has 2 aromatic rings. The molecule has 9 heteroatoms. The molecule has 1 aromatic carbocycles. The third kappa shape index (κ3) is 5.83. The molecule has 0 saturated carbocycles. The van der Waals surface area contributed by atoms with Crippen molar-refractivity contribution in [1.29, 1.82) is 0 Å². The number of carbonyl (C=O) groups is 1. The molecular formula is C23H32N6O2S. The Bertz CT molecular complexity index is 941. The number of hydrogen-bond donors (Lipinski definition) is 4. The normalized spacial score (nSPS) is 19.1. The summed E-state index contributed by atoms with van der Waals surface area (Å²) in [5.74, 6) is 2.12. The first-order valence-electron chi connectivity index (χ1n) is 11.4. The summed E-state index contributed by atoms with van der Waals surface area (Å²) in [6, 6.07) is 7.63. The minimum atomic E-state index is -0.171. The summed E-state index contributed by atoms with van der Waals surface area (Å²) in [5, 5.41) is 15.3. The fraction of sp³-hybridized carbons (Fsp3) is 0.522. The number of amides is 1. The summed E-state index contributed by atoms with van der Waals surface area (Å²) in [5.41, 5.74) is 3.33. The van der Waals surface area contributed by atoms with Crippen LogP contribution < -0.4 is 20.3 Å². The second-order valence-corrected chi connectivity index (χ2v) is 9.36. The Balaban J connectivity index is 1.67.